The first-order chi connectivity index (χ1) is 12.5. The molecule has 1 amide bonds. The monoisotopic (exact) mass is 374 g/mol. The van der Waals surface area contributed by atoms with Gasteiger partial charge in [0.15, 0.2) is 0 Å². The van der Waals surface area contributed by atoms with E-state index in [-0.39, 0.29) is 23.8 Å². The van der Waals surface area contributed by atoms with Gasteiger partial charge >= 0.3 is 0 Å². The van der Waals surface area contributed by atoms with Gasteiger partial charge in [0.1, 0.15) is 5.69 Å². The number of nitro benzene ring substituents is 1. The highest BCUT2D eigenvalue weighted by atomic mass is 35.5. The SMILES string of the molecule is O=C(CN1CCN(c2ccccc2Cl)CC1)Nc1ccccc1[N+](=O)[O-]. The number of nitrogens with zero attached hydrogens (tertiary/aromatic N) is 3. The zero-order valence-electron chi connectivity index (χ0n) is 14.1. The zero-order valence-corrected chi connectivity index (χ0v) is 14.9. The molecule has 1 fully saturated rings. The summed E-state index contributed by atoms with van der Waals surface area (Å²) in [5.74, 6) is -0.259. The number of halogens is 1. The predicted molar refractivity (Wildman–Crippen MR) is 102 cm³/mol. The lowest BCUT2D eigenvalue weighted by Crippen LogP contribution is -2.48. The molecule has 3 rings (SSSR count). The Hall–Kier alpha value is -2.64. The smallest absolute Gasteiger partial charge is 0.292 e. The molecule has 0 radical (unpaired) electrons. The van der Waals surface area contributed by atoms with Gasteiger partial charge in [0, 0.05) is 32.2 Å². The van der Waals surface area contributed by atoms with Crippen LogP contribution >= 0.6 is 11.6 Å². The van der Waals surface area contributed by atoms with Crippen molar-refractivity contribution in [1.29, 1.82) is 0 Å². The van der Waals surface area contributed by atoms with E-state index in [9.17, 15) is 14.9 Å². The third-order valence-electron chi connectivity index (χ3n) is 4.31. The molecule has 0 saturated carbocycles. The van der Waals surface area contributed by atoms with E-state index in [0.717, 1.165) is 36.9 Å². The molecule has 136 valence electrons. The van der Waals surface area contributed by atoms with Gasteiger partial charge in [-0.25, -0.2) is 0 Å². The first-order valence-corrected chi connectivity index (χ1v) is 8.67. The summed E-state index contributed by atoms with van der Waals surface area (Å²) in [7, 11) is 0. The fourth-order valence-corrected chi connectivity index (χ4v) is 3.24. The second-order valence-electron chi connectivity index (χ2n) is 6.04. The first-order valence-electron chi connectivity index (χ1n) is 8.29. The Morgan fingerprint density at radius 3 is 2.42 bits per heavy atom. The molecule has 26 heavy (non-hydrogen) atoms. The molecule has 0 aliphatic carbocycles. The molecular formula is C18H19ClN4O3. The number of amides is 1. The van der Waals surface area contributed by atoms with Gasteiger partial charge in [-0.15, -0.1) is 0 Å². The molecule has 1 aliphatic heterocycles. The van der Waals surface area contributed by atoms with E-state index in [1.807, 2.05) is 29.2 Å². The van der Waals surface area contributed by atoms with E-state index in [4.69, 9.17) is 11.6 Å². The summed E-state index contributed by atoms with van der Waals surface area (Å²) in [5, 5.41) is 14.4. The molecular weight excluding hydrogens is 356 g/mol. The number of hydrogen-bond acceptors (Lipinski definition) is 5. The number of nitro groups is 1. The first kappa shape index (κ1) is 18.2. The van der Waals surface area contributed by atoms with Crippen LogP contribution in [0.4, 0.5) is 17.1 Å². The van der Waals surface area contributed by atoms with E-state index in [1.165, 1.54) is 12.1 Å². The Labute approximate surface area is 156 Å². The minimum atomic E-state index is -0.502. The molecule has 7 nitrogen and oxygen atoms in total. The summed E-state index contributed by atoms with van der Waals surface area (Å²) in [5.41, 5.74) is 1.11. The van der Waals surface area contributed by atoms with Gasteiger partial charge in [-0.1, -0.05) is 35.9 Å². The lowest BCUT2D eigenvalue weighted by Gasteiger charge is -2.36. The lowest BCUT2D eigenvalue weighted by molar-refractivity contribution is -0.383. The minimum Gasteiger partial charge on any atom is -0.368 e. The summed E-state index contributed by atoms with van der Waals surface area (Å²) in [6.45, 7) is 3.17. The van der Waals surface area contributed by atoms with Crippen LogP contribution in [-0.2, 0) is 4.79 Å². The van der Waals surface area contributed by atoms with Gasteiger partial charge in [-0.05, 0) is 18.2 Å². The van der Waals surface area contributed by atoms with Crippen LogP contribution in [0.1, 0.15) is 0 Å². The van der Waals surface area contributed by atoms with Crippen molar-refractivity contribution >= 4 is 34.6 Å². The van der Waals surface area contributed by atoms with Crippen LogP contribution in [0.2, 0.25) is 5.02 Å². The molecule has 0 bridgehead atoms. The normalized spacial score (nSPS) is 14.9. The van der Waals surface area contributed by atoms with Gasteiger partial charge in [-0.3, -0.25) is 19.8 Å². The Kier molecular flexibility index (Phi) is 5.70. The van der Waals surface area contributed by atoms with Crippen LogP contribution in [-0.4, -0.2) is 48.5 Å². The molecule has 1 N–H and O–H groups in total. The maximum Gasteiger partial charge on any atom is 0.292 e. The lowest BCUT2D eigenvalue weighted by atomic mass is 10.2. The molecule has 0 aromatic heterocycles. The summed E-state index contributed by atoms with van der Waals surface area (Å²) in [4.78, 5) is 27.0. The molecule has 1 aliphatic rings. The molecule has 8 heteroatoms. The second-order valence-corrected chi connectivity index (χ2v) is 6.44. The number of benzene rings is 2. The van der Waals surface area contributed by atoms with Crippen molar-refractivity contribution < 1.29 is 9.72 Å². The average molecular weight is 375 g/mol. The number of nitrogens with one attached hydrogen (secondary N) is 1. The molecule has 2 aromatic rings. The van der Waals surface area contributed by atoms with Crippen molar-refractivity contribution in [2.24, 2.45) is 0 Å². The zero-order chi connectivity index (χ0) is 18.5. The van der Waals surface area contributed by atoms with Gasteiger partial charge in [0.05, 0.1) is 22.2 Å². The quantitative estimate of drug-likeness (QED) is 0.643. The third kappa shape index (κ3) is 4.30. The summed E-state index contributed by atoms with van der Waals surface area (Å²) in [6.07, 6.45) is 0. The third-order valence-corrected chi connectivity index (χ3v) is 4.63. The Morgan fingerprint density at radius 2 is 1.73 bits per heavy atom. The molecule has 0 unspecified atom stereocenters. The number of hydrogen-bond donors (Lipinski definition) is 1. The predicted octanol–water partition coefficient (Wildman–Crippen LogP) is 3.01. The Balaban J connectivity index is 1.54. The van der Waals surface area contributed by atoms with E-state index in [1.54, 1.807) is 12.1 Å². The van der Waals surface area contributed by atoms with Crippen LogP contribution in [0.3, 0.4) is 0 Å². The van der Waals surface area contributed by atoms with E-state index in [2.05, 4.69) is 10.2 Å². The summed E-state index contributed by atoms with van der Waals surface area (Å²) < 4.78 is 0. The Morgan fingerprint density at radius 1 is 1.08 bits per heavy atom. The van der Waals surface area contributed by atoms with Gasteiger partial charge < -0.3 is 10.2 Å². The van der Waals surface area contributed by atoms with Crippen molar-refractivity contribution in [3.05, 3.63) is 63.7 Å². The van der Waals surface area contributed by atoms with Crippen LogP contribution in [0, 0.1) is 10.1 Å². The van der Waals surface area contributed by atoms with Crippen LogP contribution in [0.15, 0.2) is 48.5 Å². The fraction of sp³-hybridized carbons (Fsp3) is 0.278. The summed E-state index contributed by atoms with van der Waals surface area (Å²) >= 11 is 6.23. The molecule has 0 spiro atoms. The maximum absolute atomic E-state index is 12.3. The van der Waals surface area contributed by atoms with E-state index in [0.29, 0.717) is 0 Å². The van der Waals surface area contributed by atoms with Crippen LogP contribution in [0.25, 0.3) is 0 Å². The van der Waals surface area contributed by atoms with E-state index < -0.39 is 4.92 Å². The number of carbonyl (C=O) groups is 1. The molecule has 0 atom stereocenters. The highest BCUT2D eigenvalue weighted by molar-refractivity contribution is 6.33. The minimum absolute atomic E-state index is 0.107. The van der Waals surface area contributed by atoms with Gasteiger partial charge in [-0.2, -0.15) is 0 Å². The standard InChI is InChI=1S/C18H19ClN4O3/c19-14-5-1-3-7-16(14)22-11-9-21(10-12-22)13-18(24)20-15-6-2-4-8-17(15)23(25)26/h1-8H,9-13H2,(H,20,24). The van der Waals surface area contributed by atoms with Crippen molar-refractivity contribution in [2.75, 3.05) is 42.9 Å². The number of rotatable bonds is 5. The number of piperazine rings is 1. The molecule has 1 saturated heterocycles. The summed E-state index contributed by atoms with van der Waals surface area (Å²) in [6, 6.07) is 13.8. The number of carbonyl (C=O) groups excluding carboxylic acids is 1. The van der Waals surface area contributed by atoms with Crippen molar-refractivity contribution in [1.82, 2.24) is 4.90 Å². The highest BCUT2D eigenvalue weighted by Gasteiger charge is 2.21. The van der Waals surface area contributed by atoms with Crippen LogP contribution in [0.5, 0.6) is 0 Å². The van der Waals surface area contributed by atoms with Crippen molar-refractivity contribution in [3.8, 4) is 0 Å². The van der Waals surface area contributed by atoms with Crippen molar-refractivity contribution in [2.45, 2.75) is 0 Å². The second kappa shape index (κ2) is 8.16. The highest BCUT2D eigenvalue weighted by Crippen LogP contribution is 2.26. The number of para-hydroxylation sites is 3. The fourth-order valence-electron chi connectivity index (χ4n) is 2.99. The van der Waals surface area contributed by atoms with Gasteiger partial charge in [0.2, 0.25) is 5.91 Å². The molecule has 1 heterocycles. The van der Waals surface area contributed by atoms with E-state index >= 15 is 0 Å². The topological polar surface area (TPSA) is 78.7 Å². The Bertz CT molecular complexity index is 807. The average Bonchev–Trinajstić information content (AvgIpc) is 2.63. The van der Waals surface area contributed by atoms with Gasteiger partial charge in [0.25, 0.3) is 5.69 Å². The number of anilines is 2. The largest absolute Gasteiger partial charge is 0.368 e. The van der Waals surface area contributed by atoms with Crippen molar-refractivity contribution in [3.63, 3.8) is 0 Å². The molecule has 2 aromatic carbocycles. The maximum atomic E-state index is 12.3. The van der Waals surface area contributed by atoms with Crippen LogP contribution < -0.4 is 10.2 Å².